The van der Waals surface area contributed by atoms with Crippen molar-refractivity contribution in [3.63, 3.8) is 0 Å². The van der Waals surface area contributed by atoms with Crippen molar-refractivity contribution in [2.24, 2.45) is 0 Å². The fourth-order valence-corrected chi connectivity index (χ4v) is 4.23. The number of piperazine rings is 1. The average molecular weight is 388 g/mol. The fourth-order valence-electron chi connectivity index (χ4n) is 2.76. The molecule has 3 rings (SSSR count). The normalized spacial score (nSPS) is 16.1. The molecule has 0 saturated carbocycles. The van der Waals surface area contributed by atoms with Crippen molar-refractivity contribution in [1.29, 1.82) is 0 Å². The van der Waals surface area contributed by atoms with E-state index < -0.39 is 32.4 Å². The van der Waals surface area contributed by atoms with Crippen molar-refractivity contribution < 1.29 is 30.8 Å². The zero-order valence-corrected chi connectivity index (χ0v) is 14.5. The zero-order valence-electron chi connectivity index (χ0n) is 13.7. The number of nitrogens with zero attached hydrogens (tertiary/aromatic N) is 2. The number of furan rings is 1. The number of rotatable bonds is 3. The molecule has 140 valence electrons. The summed E-state index contributed by atoms with van der Waals surface area (Å²) in [5.74, 6) is -4.90. The van der Waals surface area contributed by atoms with Crippen molar-refractivity contribution in [2.75, 3.05) is 26.2 Å². The van der Waals surface area contributed by atoms with Gasteiger partial charge in [0, 0.05) is 26.2 Å². The largest absolute Gasteiger partial charge is 0.469 e. The van der Waals surface area contributed by atoms with Gasteiger partial charge in [0.1, 0.15) is 10.7 Å². The van der Waals surface area contributed by atoms with Crippen LogP contribution in [0.2, 0.25) is 0 Å². The molecule has 2 aromatic rings. The summed E-state index contributed by atoms with van der Waals surface area (Å²) in [4.78, 5) is 12.9. The van der Waals surface area contributed by atoms with Crippen LogP contribution in [0, 0.1) is 24.4 Å². The number of aryl methyl sites for hydroxylation is 1. The molecule has 0 atom stereocenters. The van der Waals surface area contributed by atoms with Gasteiger partial charge >= 0.3 is 0 Å². The molecule has 2 heterocycles. The molecule has 1 fully saturated rings. The first-order valence-electron chi connectivity index (χ1n) is 7.70. The van der Waals surface area contributed by atoms with Crippen molar-refractivity contribution >= 4 is 15.9 Å². The molecule has 1 aromatic carbocycles. The highest BCUT2D eigenvalue weighted by Crippen LogP contribution is 2.24. The van der Waals surface area contributed by atoms with E-state index in [2.05, 4.69) is 0 Å². The van der Waals surface area contributed by atoms with Gasteiger partial charge in [0.15, 0.2) is 17.5 Å². The van der Waals surface area contributed by atoms with Crippen LogP contribution in [-0.4, -0.2) is 49.7 Å². The summed E-state index contributed by atoms with van der Waals surface area (Å²) in [7, 11) is -4.35. The first kappa shape index (κ1) is 18.5. The van der Waals surface area contributed by atoms with Gasteiger partial charge in [0.25, 0.3) is 5.91 Å². The quantitative estimate of drug-likeness (QED) is 0.756. The monoisotopic (exact) mass is 388 g/mol. The maximum atomic E-state index is 13.9. The molecule has 6 nitrogen and oxygen atoms in total. The lowest BCUT2D eigenvalue weighted by Gasteiger charge is -2.34. The summed E-state index contributed by atoms with van der Waals surface area (Å²) >= 11 is 0. The molecular formula is C16H15F3N2O4S. The molecule has 0 bridgehead atoms. The summed E-state index contributed by atoms with van der Waals surface area (Å²) in [6.45, 7) is 1.61. The third-order valence-corrected chi connectivity index (χ3v) is 6.15. The smallest absolute Gasteiger partial charge is 0.257 e. The molecule has 1 aromatic heterocycles. The van der Waals surface area contributed by atoms with Crippen LogP contribution < -0.4 is 0 Å². The zero-order chi connectivity index (χ0) is 19.1. The molecule has 1 amide bonds. The molecule has 0 spiro atoms. The first-order chi connectivity index (χ1) is 12.2. The molecule has 1 saturated heterocycles. The van der Waals surface area contributed by atoms with Gasteiger partial charge in [-0.25, -0.2) is 21.6 Å². The minimum absolute atomic E-state index is 0.0774. The van der Waals surface area contributed by atoms with Crippen molar-refractivity contribution in [2.45, 2.75) is 11.8 Å². The fraction of sp³-hybridized carbons (Fsp3) is 0.312. The number of hydrogen-bond donors (Lipinski definition) is 0. The lowest BCUT2D eigenvalue weighted by molar-refractivity contribution is 0.0696. The van der Waals surface area contributed by atoms with Crippen molar-refractivity contribution in [1.82, 2.24) is 9.21 Å². The Bertz CT molecular complexity index is 950. The number of sulfonamides is 1. The lowest BCUT2D eigenvalue weighted by Crippen LogP contribution is -2.50. The van der Waals surface area contributed by atoms with Crippen molar-refractivity contribution in [3.8, 4) is 0 Å². The summed E-state index contributed by atoms with van der Waals surface area (Å²) in [5.41, 5.74) is 0.382. The maximum Gasteiger partial charge on any atom is 0.257 e. The lowest BCUT2D eigenvalue weighted by atomic mass is 10.2. The van der Waals surface area contributed by atoms with E-state index >= 15 is 0 Å². The van der Waals surface area contributed by atoms with Crippen LogP contribution in [0.15, 0.2) is 33.8 Å². The Morgan fingerprint density at radius 3 is 2.27 bits per heavy atom. The SMILES string of the molecule is Cc1occc1C(=O)N1CCN(S(=O)(=O)c2ccc(F)c(F)c2F)CC1. The Morgan fingerprint density at radius 1 is 1.04 bits per heavy atom. The van der Waals surface area contributed by atoms with E-state index in [0.29, 0.717) is 23.5 Å². The second-order valence-corrected chi connectivity index (χ2v) is 7.67. The first-order valence-corrected chi connectivity index (χ1v) is 9.14. The van der Waals surface area contributed by atoms with Gasteiger partial charge in [-0.05, 0) is 25.1 Å². The van der Waals surface area contributed by atoms with E-state index in [1.807, 2.05) is 0 Å². The van der Waals surface area contributed by atoms with Gasteiger partial charge in [0.05, 0.1) is 11.8 Å². The van der Waals surface area contributed by atoms with Crippen LogP contribution in [0.5, 0.6) is 0 Å². The molecular weight excluding hydrogens is 373 g/mol. The van der Waals surface area contributed by atoms with Gasteiger partial charge in [-0.15, -0.1) is 0 Å². The van der Waals surface area contributed by atoms with Crippen LogP contribution >= 0.6 is 0 Å². The van der Waals surface area contributed by atoms with Crippen LogP contribution in [-0.2, 0) is 10.0 Å². The maximum absolute atomic E-state index is 13.9. The van der Waals surface area contributed by atoms with E-state index in [-0.39, 0.29) is 32.1 Å². The number of amides is 1. The average Bonchev–Trinajstić information content (AvgIpc) is 3.05. The summed E-state index contributed by atoms with van der Waals surface area (Å²) in [5, 5.41) is 0. The van der Waals surface area contributed by atoms with Gasteiger partial charge in [-0.3, -0.25) is 4.79 Å². The summed E-state index contributed by atoms with van der Waals surface area (Å²) in [6.07, 6.45) is 1.38. The summed E-state index contributed by atoms with van der Waals surface area (Å²) < 4.78 is 71.3. The minimum atomic E-state index is -4.35. The molecule has 0 aliphatic carbocycles. The molecule has 0 radical (unpaired) electrons. The standard InChI is InChI=1S/C16H15F3N2O4S/c1-10-11(4-9-25-10)16(22)20-5-7-21(8-6-20)26(23,24)13-3-2-12(17)14(18)15(13)19/h2-4,9H,5-8H2,1H3. The van der Waals surface area contributed by atoms with Gasteiger partial charge < -0.3 is 9.32 Å². The predicted octanol–water partition coefficient (Wildman–Crippen LogP) is 2.15. The Morgan fingerprint density at radius 2 is 1.69 bits per heavy atom. The third-order valence-electron chi connectivity index (χ3n) is 4.23. The highest BCUT2D eigenvalue weighted by atomic mass is 32.2. The van der Waals surface area contributed by atoms with Gasteiger partial charge in [0.2, 0.25) is 10.0 Å². The van der Waals surface area contributed by atoms with E-state index in [4.69, 9.17) is 4.42 Å². The highest BCUT2D eigenvalue weighted by molar-refractivity contribution is 7.89. The van der Waals surface area contributed by atoms with E-state index in [0.717, 1.165) is 4.31 Å². The minimum Gasteiger partial charge on any atom is -0.469 e. The number of halogens is 3. The molecule has 1 aliphatic rings. The van der Waals surface area contributed by atoms with Crippen LogP contribution in [0.4, 0.5) is 13.2 Å². The molecule has 26 heavy (non-hydrogen) atoms. The Kier molecular flexibility index (Phi) is 4.80. The van der Waals surface area contributed by atoms with E-state index in [1.165, 1.54) is 17.2 Å². The van der Waals surface area contributed by atoms with Gasteiger partial charge in [-0.1, -0.05) is 0 Å². The van der Waals surface area contributed by atoms with E-state index in [9.17, 15) is 26.4 Å². The predicted molar refractivity (Wildman–Crippen MR) is 84.4 cm³/mol. The van der Waals surface area contributed by atoms with E-state index in [1.54, 1.807) is 6.92 Å². The highest BCUT2D eigenvalue weighted by Gasteiger charge is 2.34. The Balaban J connectivity index is 1.76. The Hall–Kier alpha value is -2.33. The molecule has 1 aliphatic heterocycles. The number of carbonyl (C=O) groups is 1. The molecule has 0 unspecified atom stereocenters. The summed E-state index contributed by atoms with van der Waals surface area (Å²) in [6, 6.07) is 2.78. The number of benzene rings is 1. The van der Waals surface area contributed by atoms with Crippen molar-refractivity contribution in [3.05, 3.63) is 53.2 Å². The van der Waals surface area contributed by atoms with Crippen LogP contribution in [0.3, 0.4) is 0 Å². The third kappa shape index (κ3) is 3.10. The molecule has 0 N–H and O–H groups in total. The van der Waals surface area contributed by atoms with Crippen LogP contribution in [0.25, 0.3) is 0 Å². The molecule has 10 heteroatoms. The Labute approximate surface area is 147 Å². The van der Waals surface area contributed by atoms with Crippen LogP contribution in [0.1, 0.15) is 16.1 Å². The van der Waals surface area contributed by atoms with Gasteiger partial charge in [-0.2, -0.15) is 4.31 Å². The second-order valence-electron chi connectivity index (χ2n) is 5.76. The topological polar surface area (TPSA) is 70.8 Å². The number of carbonyl (C=O) groups excluding carboxylic acids is 1. The number of hydrogen-bond acceptors (Lipinski definition) is 4. The second kappa shape index (κ2) is 6.76.